The molecule has 1 aliphatic carbocycles. The third-order valence-electron chi connectivity index (χ3n) is 6.11. The molecule has 26 heavy (non-hydrogen) atoms. The molecule has 2 N–H and O–H groups in total. The van der Waals surface area contributed by atoms with Gasteiger partial charge in [0.1, 0.15) is 4.83 Å². The Balaban J connectivity index is 1.41. The molecule has 1 saturated carbocycles. The molecule has 140 valence electrons. The highest BCUT2D eigenvalue weighted by Crippen LogP contribution is 2.54. The third kappa shape index (κ3) is 3.07. The molecule has 4 rings (SSSR count). The van der Waals surface area contributed by atoms with Crippen LogP contribution in [0, 0.1) is 12.3 Å². The van der Waals surface area contributed by atoms with Gasteiger partial charge in [0.2, 0.25) is 0 Å². The summed E-state index contributed by atoms with van der Waals surface area (Å²) in [6.45, 7) is 7.56. The number of thiophene rings is 1. The van der Waals surface area contributed by atoms with Crippen molar-refractivity contribution >= 4 is 27.5 Å². The van der Waals surface area contributed by atoms with Crippen LogP contribution in [0.5, 0.6) is 0 Å². The summed E-state index contributed by atoms with van der Waals surface area (Å²) in [6.07, 6.45) is 7.34. The van der Waals surface area contributed by atoms with Gasteiger partial charge in [-0.05, 0) is 63.2 Å². The number of likely N-dealkylation sites (tertiary alicyclic amines) is 1. The number of amides is 1. The Labute approximate surface area is 157 Å². The number of aromatic amines is 1. The van der Waals surface area contributed by atoms with Crippen LogP contribution in [0.1, 0.15) is 54.3 Å². The van der Waals surface area contributed by atoms with Gasteiger partial charge in [-0.25, -0.2) is 4.98 Å². The third-order valence-corrected chi connectivity index (χ3v) is 7.31. The number of aryl methyl sites for hydroxylation is 1. The number of rotatable bonds is 5. The van der Waals surface area contributed by atoms with Crippen molar-refractivity contribution in [3.05, 3.63) is 27.1 Å². The second kappa shape index (κ2) is 6.78. The zero-order valence-electron chi connectivity index (χ0n) is 15.4. The van der Waals surface area contributed by atoms with Crippen molar-refractivity contribution < 1.29 is 4.79 Å². The minimum absolute atomic E-state index is 0.0554. The zero-order valence-corrected chi connectivity index (χ0v) is 16.2. The van der Waals surface area contributed by atoms with E-state index in [1.54, 1.807) is 0 Å². The van der Waals surface area contributed by atoms with Crippen molar-refractivity contribution in [1.29, 1.82) is 0 Å². The summed E-state index contributed by atoms with van der Waals surface area (Å²) in [5.41, 5.74) is 0.865. The second-order valence-electron chi connectivity index (χ2n) is 7.76. The Morgan fingerprint density at radius 3 is 2.92 bits per heavy atom. The van der Waals surface area contributed by atoms with E-state index in [1.165, 1.54) is 49.9 Å². The lowest BCUT2D eigenvalue weighted by atomic mass is 9.92. The number of nitrogens with zero attached hydrogens (tertiary/aromatic N) is 2. The molecule has 0 bridgehead atoms. The summed E-state index contributed by atoms with van der Waals surface area (Å²) < 4.78 is 0. The average molecular weight is 375 g/mol. The van der Waals surface area contributed by atoms with Crippen molar-refractivity contribution in [3.63, 3.8) is 0 Å². The second-order valence-corrected chi connectivity index (χ2v) is 8.75. The maximum Gasteiger partial charge on any atom is 0.261 e. The topological polar surface area (TPSA) is 78.1 Å². The van der Waals surface area contributed by atoms with Gasteiger partial charge in [-0.2, -0.15) is 0 Å². The molecule has 2 fully saturated rings. The highest BCUT2D eigenvalue weighted by Gasteiger charge is 2.55. The first-order chi connectivity index (χ1) is 12.5. The summed E-state index contributed by atoms with van der Waals surface area (Å²) in [7, 11) is 0. The van der Waals surface area contributed by atoms with Crippen LogP contribution >= 0.6 is 11.3 Å². The lowest BCUT2D eigenvalue weighted by Gasteiger charge is -2.32. The smallest absolute Gasteiger partial charge is 0.261 e. The molecule has 7 heteroatoms. The molecule has 6 nitrogen and oxygen atoms in total. The molecule has 2 aromatic rings. The van der Waals surface area contributed by atoms with Gasteiger partial charge in [0, 0.05) is 6.04 Å². The fourth-order valence-corrected chi connectivity index (χ4v) is 5.28. The van der Waals surface area contributed by atoms with Crippen LogP contribution < -0.4 is 10.9 Å². The Bertz CT molecular complexity index is 879. The number of carbonyl (C=O) groups is 1. The number of hydrogen-bond acceptors (Lipinski definition) is 5. The van der Waals surface area contributed by atoms with Gasteiger partial charge in [-0.1, -0.05) is 13.3 Å². The molecule has 1 unspecified atom stereocenters. The van der Waals surface area contributed by atoms with E-state index in [2.05, 4.69) is 27.1 Å². The number of nitrogens with one attached hydrogen (secondary N) is 2. The molecular formula is C19H26N4O2S. The standard InChI is InChI=1S/C19H26N4O2S/c1-3-4-7-23-8-5-19(6-9-23)10-13(19)22-17(25)15-12(2)14-16(24)20-11-21-18(14)26-15/h11,13H,3-10H2,1-2H3,(H,22,25)(H,20,21,24). The summed E-state index contributed by atoms with van der Waals surface area (Å²) in [5.74, 6) is -0.0554. The van der Waals surface area contributed by atoms with Gasteiger partial charge < -0.3 is 15.2 Å². The molecule has 0 aromatic carbocycles. The quantitative estimate of drug-likeness (QED) is 0.843. The van der Waals surface area contributed by atoms with Gasteiger partial charge >= 0.3 is 0 Å². The number of aromatic nitrogens is 2. The monoisotopic (exact) mass is 374 g/mol. The molecule has 1 aliphatic heterocycles. The number of H-pyrrole nitrogens is 1. The molecular weight excluding hydrogens is 348 g/mol. The van der Waals surface area contributed by atoms with Crippen molar-refractivity contribution in [2.75, 3.05) is 19.6 Å². The Morgan fingerprint density at radius 2 is 2.23 bits per heavy atom. The number of hydrogen-bond donors (Lipinski definition) is 2. The van der Waals surface area contributed by atoms with Crippen LogP contribution in [0.25, 0.3) is 10.2 Å². The first-order valence-electron chi connectivity index (χ1n) is 9.54. The molecule has 1 atom stereocenters. The largest absolute Gasteiger partial charge is 0.348 e. The van der Waals surface area contributed by atoms with Crippen molar-refractivity contribution in [2.45, 2.75) is 52.0 Å². The molecule has 1 spiro atoms. The molecule has 3 heterocycles. The van der Waals surface area contributed by atoms with Gasteiger partial charge in [0.05, 0.1) is 16.6 Å². The maximum absolute atomic E-state index is 12.8. The van der Waals surface area contributed by atoms with Crippen molar-refractivity contribution in [2.24, 2.45) is 5.41 Å². The van der Waals surface area contributed by atoms with Gasteiger partial charge in [-0.15, -0.1) is 11.3 Å². The van der Waals surface area contributed by atoms with E-state index in [0.717, 1.165) is 25.1 Å². The van der Waals surface area contributed by atoms with E-state index in [-0.39, 0.29) is 17.5 Å². The van der Waals surface area contributed by atoms with E-state index in [4.69, 9.17) is 0 Å². The molecule has 0 radical (unpaired) electrons. The van der Waals surface area contributed by atoms with Crippen molar-refractivity contribution in [3.8, 4) is 0 Å². The SMILES string of the molecule is CCCCN1CCC2(CC1)CC2NC(=O)c1sc2nc[nH]c(=O)c2c1C. The Morgan fingerprint density at radius 1 is 1.46 bits per heavy atom. The summed E-state index contributed by atoms with van der Waals surface area (Å²) in [4.78, 5) is 35.4. The van der Waals surface area contributed by atoms with E-state index in [9.17, 15) is 9.59 Å². The highest BCUT2D eigenvalue weighted by molar-refractivity contribution is 7.20. The van der Waals surface area contributed by atoms with Gasteiger partial charge in [0.25, 0.3) is 11.5 Å². The van der Waals surface area contributed by atoms with Crippen molar-refractivity contribution in [1.82, 2.24) is 20.2 Å². The molecule has 1 amide bonds. The van der Waals surface area contributed by atoms with Gasteiger partial charge in [-0.3, -0.25) is 9.59 Å². The lowest BCUT2D eigenvalue weighted by molar-refractivity contribution is 0.0938. The first-order valence-corrected chi connectivity index (χ1v) is 10.4. The molecule has 2 aliphatic rings. The predicted molar refractivity (Wildman–Crippen MR) is 104 cm³/mol. The van der Waals surface area contributed by atoms with Gasteiger partial charge in [0.15, 0.2) is 0 Å². The summed E-state index contributed by atoms with van der Waals surface area (Å²) >= 11 is 1.31. The fraction of sp³-hybridized carbons (Fsp3) is 0.632. The minimum Gasteiger partial charge on any atom is -0.348 e. The molecule has 1 saturated heterocycles. The summed E-state index contributed by atoms with van der Waals surface area (Å²) in [6, 6.07) is 0.277. The normalized spacial score (nSPS) is 22.0. The summed E-state index contributed by atoms with van der Waals surface area (Å²) in [5, 5.41) is 3.76. The molecule has 2 aromatic heterocycles. The van der Waals surface area contributed by atoms with Crippen LogP contribution in [-0.2, 0) is 0 Å². The van der Waals surface area contributed by atoms with E-state index in [1.807, 2.05) is 6.92 Å². The van der Waals surface area contributed by atoms with Crippen LogP contribution in [0.3, 0.4) is 0 Å². The Kier molecular flexibility index (Phi) is 4.61. The number of carbonyl (C=O) groups excluding carboxylic acids is 1. The van der Waals surface area contributed by atoms with Crippen LogP contribution in [0.4, 0.5) is 0 Å². The predicted octanol–water partition coefficient (Wildman–Crippen LogP) is 2.68. The van der Waals surface area contributed by atoms with E-state index < -0.39 is 0 Å². The maximum atomic E-state index is 12.8. The van der Waals surface area contributed by atoms with Crippen LogP contribution in [0.15, 0.2) is 11.1 Å². The highest BCUT2D eigenvalue weighted by atomic mass is 32.1. The fourth-order valence-electron chi connectivity index (χ4n) is 4.23. The number of unbranched alkanes of at least 4 members (excludes halogenated alkanes) is 1. The van der Waals surface area contributed by atoms with Crippen LogP contribution in [0.2, 0.25) is 0 Å². The number of fused-ring (bicyclic) bond motifs is 1. The lowest BCUT2D eigenvalue weighted by Crippen LogP contribution is -2.39. The van der Waals surface area contributed by atoms with E-state index >= 15 is 0 Å². The Hall–Kier alpha value is -1.73. The average Bonchev–Trinajstić information content (AvgIpc) is 3.16. The van der Waals surface area contributed by atoms with Crippen LogP contribution in [-0.4, -0.2) is 46.5 Å². The first kappa shape index (κ1) is 17.7. The number of piperidine rings is 1. The van der Waals surface area contributed by atoms with E-state index in [0.29, 0.717) is 20.5 Å². The minimum atomic E-state index is -0.176. The zero-order chi connectivity index (χ0) is 18.3.